The van der Waals surface area contributed by atoms with Crippen LogP contribution in [0.25, 0.3) is 11.1 Å². The Labute approximate surface area is 106 Å². The van der Waals surface area contributed by atoms with Gasteiger partial charge in [-0.25, -0.2) is 0 Å². The van der Waals surface area contributed by atoms with Crippen LogP contribution in [0.2, 0.25) is 0 Å². The van der Waals surface area contributed by atoms with Gasteiger partial charge in [0.15, 0.2) is 5.75 Å². The number of nitrogen functional groups attached to an aromatic ring is 1. The molecule has 1 heterocycles. The van der Waals surface area contributed by atoms with Crippen LogP contribution in [-0.4, -0.2) is 11.5 Å². The van der Waals surface area contributed by atoms with Crippen LogP contribution in [0, 0.1) is 6.92 Å². The van der Waals surface area contributed by atoms with E-state index in [0.717, 1.165) is 12.1 Å². The zero-order valence-electron chi connectivity index (χ0n) is 9.78. The summed E-state index contributed by atoms with van der Waals surface area (Å²) < 4.78 is 45.2. The van der Waals surface area contributed by atoms with Crippen molar-refractivity contribution < 1.29 is 27.4 Å². The summed E-state index contributed by atoms with van der Waals surface area (Å²) in [7, 11) is 0. The fourth-order valence-corrected chi connectivity index (χ4v) is 1.68. The minimum absolute atomic E-state index is 0.0702. The van der Waals surface area contributed by atoms with Gasteiger partial charge >= 0.3 is 6.36 Å². The molecule has 1 aromatic heterocycles. The van der Waals surface area contributed by atoms with E-state index in [1.165, 1.54) is 19.1 Å². The minimum atomic E-state index is -4.78. The van der Waals surface area contributed by atoms with Crippen molar-refractivity contribution in [3.63, 3.8) is 0 Å². The Balaban J connectivity index is 2.44. The Kier molecular flexibility index (Phi) is 3.05. The summed E-state index contributed by atoms with van der Waals surface area (Å²) in [5, 5.41) is 9.76. The normalized spacial score (nSPS) is 11.6. The fraction of sp³-hybridized carbons (Fsp3) is 0.167. The number of alkyl halides is 3. The van der Waals surface area contributed by atoms with Crippen molar-refractivity contribution >= 4 is 5.88 Å². The Morgan fingerprint density at radius 1 is 1.32 bits per heavy atom. The molecule has 2 rings (SSSR count). The zero-order chi connectivity index (χ0) is 14.2. The third-order valence-electron chi connectivity index (χ3n) is 2.44. The lowest BCUT2D eigenvalue weighted by molar-refractivity contribution is -0.274. The molecule has 0 saturated carbocycles. The number of hydrogen-bond donors (Lipinski definition) is 2. The molecule has 0 aliphatic carbocycles. The van der Waals surface area contributed by atoms with Crippen molar-refractivity contribution in [2.45, 2.75) is 13.3 Å². The molecule has 0 radical (unpaired) electrons. The molecule has 0 aliphatic heterocycles. The summed E-state index contributed by atoms with van der Waals surface area (Å²) in [4.78, 5) is 0. The maximum Gasteiger partial charge on any atom is 0.573 e. The van der Waals surface area contributed by atoms with Gasteiger partial charge in [0.1, 0.15) is 11.5 Å². The van der Waals surface area contributed by atoms with Crippen LogP contribution in [0.5, 0.6) is 11.5 Å². The molecule has 0 bridgehead atoms. The van der Waals surface area contributed by atoms with E-state index < -0.39 is 12.1 Å². The number of nitrogens with two attached hydrogens (primary N) is 1. The van der Waals surface area contributed by atoms with Crippen LogP contribution >= 0.6 is 0 Å². The highest BCUT2D eigenvalue weighted by molar-refractivity contribution is 5.80. The van der Waals surface area contributed by atoms with Gasteiger partial charge in [0, 0.05) is 0 Å². The van der Waals surface area contributed by atoms with E-state index in [-0.39, 0.29) is 28.5 Å². The fourth-order valence-electron chi connectivity index (χ4n) is 1.68. The Bertz CT molecular complexity index is 605. The van der Waals surface area contributed by atoms with E-state index in [9.17, 15) is 18.3 Å². The molecule has 1 aromatic carbocycles. The lowest BCUT2D eigenvalue weighted by Gasteiger charge is -2.09. The molecule has 0 spiro atoms. The maximum atomic E-state index is 12.1. The van der Waals surface area contributed by atoms with Crippen LogP contribution in [0.4, 0.5) is 19.1 Å². The number of hydrogen-bond acceptors (Lipinski definition) is 4. The predicted molar refractivity (Wildman–Crippen MR) is 61.6 cm³/mol. The molecular formula is C12H10F3NO3. The first-order valence-electron chi connectivity index (χ1n) is 5.22. The SMILES string of the molecule is Cc1oc(N)c(-c2cccc(OC(F)(F)F)c2)c1O. The summed E-state index contributed by atoms with van der Waals surface area (Å²) in [5.41, 5.74) is 5.98. The van der Waals surface area contributed by atoms with E-state index in [0.29, 0.717) is 0 Å². The van der Waals surface area contributed by atoms with Crippen LogP contribution in [0.1, 0.15) is 5.76 Å². The largest absolute Gasteiger partial charge is 0.573 e. The van der Waals surface area contributed by atoms with Gasteiger partial charge in [-0.15, -0.1) is 13.2 Å². The van der Waals surface area contributed by atoms with Crippen molar-refractivity contribution in [2.75, 3.05) is 5.73 Å². The molecule has 3 N–H and O–H groups in total. The number of halogens is 3. The lowest BCUT2D eigenvalue weighted by Crippen LogP contribution is -2.17. The highest BCUT2D eigenvalue weighted by Crippen LogP contribution is 2.40. The first kappa shape index (κ1) is 13.1. The number of rotatable bonds is 2. The molecule has 0 aliphatic rings. The zero-order valence-corrected chi connectivity index (χ0v) is 9.78. The third kappa shape index (κ3) is 2.75. The van der Waals surface area contributed by atoms with Gasteiger partial charge in [-0.1, -0.05) is 12.1 Å². The second kappa shape index (κ2) is 4.42. The summed E-state index contributed by atoms with van der Waals surface area (Å²) in [6, 6.07) is 5.12. The van der Waals surface area contributed by atoms with E-state index >= 15 is 0 Å². The number of anilines is 1. The lowest BCUT2D eigenvalue weighted by atomic mass is 10.1. The average molecular weight is 273 g/mol. The highest BCUT2D eigenvalue weighted by atomic mass is 19.4. The van der Waals surface area contributed by atoms with Crippen LogP contribution in [0.3, 0.4) is 0 Å². The van der Waals surface area contributed by atoms with Crippen molar-refractivity contribution in [3.8, 4) is 22.6 Å². The molecule has 2 aromatic rings. The van der Waals surface area contributed by atoms with Gasteiger partial charge in [0.25, 0.3) is 0 Å². The Morgan fingerprint density at radius 3 is 2.53 bits per heavy atom. The monoisotopic (exact) mass is 273 g/mol. The van der Waals surface area contributed by atoms with Gasteiger partial charge in [-0.2, -0.15) is 0 Å². The number of ether oxygens (including phenoxy) is 1. The van der Waals surface area contributed by atoms with Crippen LogP contribution in [-0.2, 0) is 0 Å². The van der Waals surface area contributed by atoms with Crippen LogP contribution < -0.4 is 10.5 Å². The van der Waals surface area contributed by atoms with Gasteiger partial charge in [0.2, 0.25) is 5.88 Å². The minimum Gasteiger partial charge on any atom is -0.504 e. The first-order valence-corrected chi connectivity index (χ1v) is 5.22. The molecule has 0 fully saturated rings. The molecule has 7 heteroatoms. The number of furan rings is 1. The molecule has 0 amide bonds. The Hall–Kier alpha value is -2.31. The molecule has 0 saturated heterocycles. The van der Waals surface area contributed by atoms with Gasteiger partial charge in [-0.05, 0) is 24.6 Å². The summed E-state index contributed by atoms with van der Waals surface area (Å²) in [5.74, 6) is -0.488. The Morgan fingerprint density at radius 2 is 2.00 bits per heavy atom. The third-order valence-corrected chi connectivity index (χ3v) is 2.44. The number of aromatic hydroxyl groups is 1. The topological polar surface area (TPSA) is 68.6 Å². The molecular weight excluding hydrogens is 263 g/mol. The smallest absolute Gasteiger partial charge is 0.504 e. The van der Waals surface area contributed by atoms with Crippen molar-refractivity contribution in [1.82, 2.24) is 0 Å². The van der Waals surface area contributed by atoms with Crippen molar-refractivity contribution in [1.29, 1.82) is 0 Å². The van der Waals surface area contributed by atoms with Gasteiger partial charge in [0.05, 0.1) is 5.56 Å². The molecule has 19 heavy (non-hydrogen) atoms. The predicted octanol–water partition coefficient (Wildman–Crippen LogP) is 3.44. The van der Waals surface area contributed by atoms with Gasteiger partial charge in [-0.3, -0.25) is 0 Å². The van der Waals surface area contributed by atoms with E-state index in [2.05, 4.69) is 4.74 Å². The maximum absolute atomic E-state index is 12.1. The second-order valence-electron chi connectivity index (χ2n) is 3.82. The van der Waals surface area contributed by atoms with E-state index in [1.54, 1.807) is 0 Å². The quantitative estimate of drug-likeness (QED) is 0.879. The molecule has 0 atom stereocenters. The van der Waals surface area contributed by atoms with Gasteiger partial charge < -0.3 is 20.0 Å². The summed E-state index contributed by atoms with van der Waals surface area (Å²) >= 11 is 0. The number of aryl methyl sites for hydroxylation is 1. The standard InChI is InChI=1S/C12H10F3NO3/c1-6-10(17)9(11(16)18-6)7-3-2-4-8(5-7)19-12(13,14)15/h2-5,17H,16H2,1H3. The van der Waals surface area contributed by atoms with E-state index in [1.807, 2.05) is 0 Å². The first-order chi connectivity index (χ1) is 8.78. The van der Waals surface area contributed by atoms with Crippen molar-refractivity contribution in [3.05, 3.63) is 30.0 Å². The summed E-state index contributed by atoms with van der Waals surface area (Å²) in [6.45, 7) is 1.49. The summed E-state index contributed by atoms with van der Waals surface area (Å²) in [6.07, 6.45) is -4.78. The molecule has 4 nitrogen and oxygen atoms in total. The average Bonchev–Trinajstić information content (AvgIpc) is 2.51. The van der Waals surface area contributed by atoms with E-state index in [4.69, 9.17) is 10.2 Å². The molecule has 102 valence electrons. The highest BCUT2D eigenvalue weighted by Gasteiger charge is 2.31. The van der Waals surface area contributed by atoms with Crippen LogP contribution in [0.15, 0.2) is 28.7 Å². The molecule has 0 unspecified atom stereocenters. The van der Waals surface area contributed by atoms with Crippen molar-refractivity contribution in [2.24, 2.45) is 0 Å². The number of benzene rings is 1. The second-order valence-corrected chi connectivity index (χ2v) is 3.82.